The van der Waals surface area contributed by atoms with Crippen LogP contribution in [0.25, 0.3) is 0 Å². The quantitative estimate of drug-likeness (QED) is 0.326. The van der Waals surface area contributed by atoms with Gasteiger partial charge in [-0.3, -0.25) is 0 Å². The van der Waals surface area contributed by atoms with Crippen molar-refractivity contribution >= 4 is 20.4 Å². The molecule has 0 aromatic carbocycles. The van der Waals surface area contributed by atoms with Crippen LogP contribution in [0.5, 0.6) is 0 Å². The van der Waals surface area contributed by atoms with Gasteiger partial charge in [0.1, 0.15) is 20.4 Å². The molecule has 3 nitrogen and oxygen atoms in total. The Bertz CT molecular complexity index is 47.4. The fourth-order valence-corrected chi connectivity index (χ4v) is 0. The van der Waals surface area contributed by atoms with E-state index < -0.39 is 0 Å². The molecule has 7 heteroatoms. The maximum absolute atomic E-state index is 8.00. The zero-order valence-electron chi connectivity index (χ0n) is 6.83. The van der Waals surface area contributed by atoms with Crippen molar-refractivity contribution in [2.75, 3.05) is 0 Å². The van der Waals surface area contributed by atoms with Crippen LogP contribution in [0, 0.1) is 6.92 Å². The van der Waals surface area contributed by atoms with Crippen molar-refractivity contribution in [1.82, 2.24) is 0 Å². The summed E-state index contributed by atoms with van der Waals surface area (Å²) in [7, 11) is 0. The Balaban J connectivity index is -0.00000000394. The minimum Gasteiger partial charge on any atom is -1.00 e. The molecule has 0 fully saturated rings. The Kier molecular flexibility index (Phi) is 6830. The largest absolute Gasteiger partial charge is 4.00 e. The average Bonchev–Trinajstić information content (AvgIpc) is 2.01. The van der Waals surface area contributed by atoms with Gasteiger partial charge in [-0.25, -0.2) is 19.6 Å². The summed E-state index contributed by atoms with van der Waals surface area (Å²) in [6.45, 7) is 12.5. The minimum absolute atomic E-state index is 0. The number of halogens is 3. The molecule has 0 aromatic rings. The molecule has 0 saturated heterocycles. The fraction of sp³-hybridized carbons (Fsp3) is 0. The van der Waals surface area contributed by atoms with Crippen molar-refractivity contribution < 1.29 is 71.1 Å². The summed E-state index contributed by atoms with van der Waals surface area (Å²) in [5.41, 5.74) is 0. The third-order valence-electron chi connectivity index (χ3n) is 0. The second-order valence-corrected chi connectivity index (χ2v) is 0.289. The van der Waals surface area contributed by atoms with Gasteiger partial charge in [0.2, 0.25) is 0 Å². The van der Waals surface area contributed by atoms with Crippen LogP contribution in [0.1, 0.15) is 0 Å². The van der Waals surface area contributed by atoms with Crippen LogP contribution >= 0.6 is 0 Å². The van der Waals surface area contributed by atoms with Crippen molar-refractivity contribution in [3.8, 4) is 0 Å². The van der Waals surface area contributed by atoms with Crippen molar-refractivity contribution in [1.29, 1.82) is 0 Å². The summed E-state index contributed by atoms with van der Waals surface area (Å²) in [5, 5.41) is 0. The number of hydrogen-bond donors (Lipinski definition) is 0. The van der Waals surface area contributed by atoms with Gasteiger partial charge in [-0.1, -0.05) is 0 Å². The van der Waals surface area contributed by atoms with Gasteiger partial charge < -0.3 is 51.6 Å². The molecule has 82 valence electrons. The molecule has 0 unspecified atom stereocenters. The molecule has 0 spiro atoms. The smallest absolute Gasteiger partial charge is 1.00 e. The molecule has 0 saturated carbocycles. The Labute approximate surface area is 111 Å². The Hall–Kier alpha value is 0.113. The van der Waals surface area contributed by atoms with Gasteiger partial charge in [-0.15, -0.1) is 0 Å². The van der Waals surface area contributed by atoms with E-state index in [1.54, 1.807) is 0 Å². The SMILES string of the molecule is C=C[CH2-].C=O.C=O.C=O.[Cl-].[Cl-].[Cl-].[Ru+4]. The van der Waals surface area contributed by atoms with E-state index in [2.05, 4.69) is 13.5 Å². The zero-order valence-corrected chi connectivity index (χ0v) is 10.8. The molecule has 0 radical (unpaired) electrons. The molecule has 0 heterocycles. The standard InChI is InChI=1S/C3H5.3CH2O.3ClH.Ru/c1-3-2;3*1-2;;;;/h3H,1-2H2;3*1H2;3*1H;/q-1;;;;;;;+4/p-3. The van der Waals surface area contributed by atoms with Gasteiger partial charge in [-0.05, 0) is 0 Å². The van der Waals surface area contributed by atoms with Crippen LogP contribution in [0.3, 0.4) is 0 Å². The first kappa shape index (κ1) is 73.6. The third kappa shape index (κ3) is 96400. The molecule has 0 aliphatic heterocycles. The number of rotatable bonds is 0. The van der Waals surface area contributed by atoms with E-state index in [0.29, 0.717) is 0 Å². The van der Waals surface area contributed by atoms with Crippen LogP contribution in [0.2, 0.25) is 0 Å². The molecule has 0 aliphatic rings. The van der Waals surface area contributed by atoms with Crippen LogP contribution in [-0.4, -0.2) is 20.4 Å². The second-order valence-electron chi connectivity index (χ2n) is 0.289. The van der Waals surface area contributed by atoms with Crippen LogP contribution in [-0.2, 0) is 33.9 Å². The van der Waals surface area contributed by atoms with E-state index in [-0.39, 0.29) is 56.7 Å². The maximum Gasteiger partial charge on any atom is 4.00 e. The Morgan fingerprint density at radius 3 is 0.769 bits per heavy atom. The predicted molar refractivity (Wildman–Crippen MR) is 36.9 cm³/mol. The zero-order chi connectivity index (χ0) is 8.71. The Morgan fingerprint density at radius 2 is 0.769 bits per heavy atom. The van der Waals surface area contributed by atoms with E-state index in [0.717, 1.165) is 0 Å². The third-order valence-corrected chi connectivity index (χ3v) is 0. The maximum atomic E-state index is 8.00. The van der Waals surface area contributed by atoms with Gasteiger partial charge in [0.15, 0.2) is 0 Å². The van der Waals surface area contributed by atoms with Crippen molar-refractivity contribution in [3.05, 3.63) is 19.6 Å². The average molecular weight is 339 g/mol. The molecule has 0 N–H and O–H groups in total. The van der Waals surface area contributed by atoms with Crippen LogP contribution in [0.4, 0.5) is 0 Å². The second kappa shape index (κ2) is 1210. The number of hydrogen-bond acceptors (Lipinski definition) is 3. The summed E-state index contributed by atoms with van der Waals surface area (Å²) < 4.78 is 0. The molecule has 13 heavy (non-hydrogen) atoms. The monoisotopic (exact) mass is 338 g/mol. The fourth-order valence-electron chi connectivity index (χ4n) is 0. The minimum atomic E-state index is 0. The number of carbonyl (C=O) groups excluding carboxylic acids is 3. The topological polar surface area (TPSA) is 51.2 Å². The van der Waals surface area contributed by atoms with Crippen LogP contribution < -0.4 is 37.2 Å². The van der Waals surface area contributed by atoms with E-state index in [9.17, 15) is 0 Å². The van der Waals surface area contributed by atoms with Crippen molar-refractivity contribution in [3.63, 3.8) is 0 Å². The summed E-state index contributed by atoms with van der Waals surface area (Å²) in [4.78, 5) is 24.0. The molecular formula is C6H11Cl3O3Ru. The van der Waals surface area contributed by atoms with Crippen LogP contribution in [0.15, 0.2) is 12.7 Å². The summed E-state index contributed by atoms with van der Waals surface area (Å²) in [5.74, 6) is 0. The van der Waals surface area contributed by atoms with E-state index >= 15 is 0 Å². The summed E-state index contributed by atoms with van der Waals surface area (Å²) >= 11 is 0. The molecule has 0 aliphatic carbocycles. The summed E-state index contributed by atoms with van der Waals surface area (Å²) in [6, 6.07) is 0. The first-order valence-electron chi connectivity index (χ1n) is 1.68. The van der Waals surface area contributed by atoms with Gasteiger partial charge in [-0.2, -0.15) is 0 Å². The molecule has 0 bridgehead atoms. The van der Waals surface area contributed by atoms with E-state index in [1.165, 1.54) is 6.08 Å². The van der Waals surface area contributed by atoms with E-state index in [4.69, 9.17) is 14.4 Å². The predicted octanol–water partition coefficient (Wildman–Crippen LogP) is -8.54. The number of carbonyl (C=O) groups is 3. The molecule has 0 atom stereocenters. The first-order chi connectivity index (χ1) is 4.41. The molecule has 0 aromatic heterocycles. The van der Waals surface area contributed by atoms with Gasteiger partial charge >= 0.3 is 19.5 Å². The van der Waals surface area contributed by atoms with Gasteiger partial charge in [0.25, 0.3) is 0 Å². The number of allylic oxidation sites excluding steroid dienone is 1. The normalized spacial score (nSPS) is 1.85. The van der Waals surface area contributed by atoms with Gasteiger partial charge in [0.05, 0.1) is 0 Å². The van der Waals surface area contributed by atoms with Crippen molar-refractivity contribution in [2.24, 2.45) is 0 Å². The van der Waals surface area contributed by atoms with Gasteiger partial charge in [0, 0.05) is 0 Å². The molecule has 0 amide bonds. The first-order valence-corrected chi connectivity index (χ1v) is 1.68. The van der Waals surface area contributed by atoms with E-state index in [1.807, 2.05) is 20.4 Å². The summed E-state index contributed by atoms with van der Waals surface area (Å²) in [6.07, 6.45) is 1.50. The van der Waals surface area contributed by atoms with Crippen molar-refractivity contribution in [2.45, 2.75) is 0 Å². The molecule has 0 rings (SSSR count). The Morgan fingerprint density at radius 1 is 0.769 bits per heavy atom. The molecular weight excluding hydrogens is 327 g/mol.